The Morgan fingerprint density at radius 1 is 0.889 bits per heavy atom. The van der Waals surface area contributed by atoms with Gasteiger partial charge >= 0.3 is 0 Å². The highest BCUT2D eigenvalue weighted by Crippen LogP contribution is 2.27. The molecule has 1 aromatic heterocycles. The molecule has 3 N–H and O–H groups in total. The number of benzene rings is 1. The maximum Gasteiger partial charge on any atom is 0.270 e. The van der Waals surface area contributed by atoms with Crippen LogP contribution in [0.25, 0.3) is 0 Å². The number of aryl methyl sites for hydroxylation is 1. The number of nitrogens with one attached hydrogen (secondary N) is 3. The van der Waals surface area contributed by atoms with Crippen molar-refractivity contribution in [1.82, 2.24) is 35.5 Å². The van der Waals surface area contributed by atoms with Crippen molar-refractivity contribution in [3.05, 3.63) is 53.3 Å². The van der Waals surface area contributed by atoms with Gasteiger partial charge in [-0.3, -0.25) is 28.8 Å². The first kappa shape index (κ1) is 32.7. The number of nitrogens with zero attached hydrogens (tertiary/aromatic N) is 4. The fraction of sp³-hybridized carbons (Fsp3) is 0.618. The van der Waals surface area contributed by atoms with Crippen LogP contribution in [0.2, 0.25) is 0 Å². The van der Waals surface area contributed by atoms with E-state index >= 15 is 0 Å². The maximum absolute atomic E-state index is 13.6. The number of aromatic nitrogens is 2. The van der Waals surface area contributed by atoms with Crippen molar-refractivity contribution in [2.45, 2.75) is 95.8 Å². The molecule has 2 saturated heterocycles. The zero-order valence-electron chi connectivity index (χ0n) is 26.8. The number of piperazine rings is 1. The van der Waals surface area contributed by atoms with E-state index in [-0.39, 0.29) is 29.5 Å². The average Bonchev–Trinajstić information content (AvgIpc) is 3.51. The van der Waals surface area contributed by atoms with Crippen LogP contribution in [-0.2, 0) is 34.4 Å². The third-order valence-electron chi connectivity index (χ3n) is 9.78. The van der Waals surface area contributed by atoms with Crippen LogP contribution in [0.4, 0.5) is 0 Å². The van der Waals surface area contributed by atoms with Crippen LogP contribution in [0, 0.1) is 5.92 Å². The second-order valence-corrected chi connectivity index (χ2v) is 12.9. The molecule has 2 aliphatic heterocycles. The number of hydrogen-bond acceptors (Lipinski definition) is 6. The normalized spacial score (nSPS) is 20.5. The molecular formula is C34H49N7O4. The van der Waals surface area contributed by atoms with Crippen molar-refractivity contribution in [1.29, 1.82) is 0 Å². The number of rotatable bonds is 11. The summed E-state index contributed by atoms with van der Waals surface area (Å²) >= 11 is 0. The largest absolute Gasteiger partial charge is 0.350 e. The maximum atomic E-state index is 13.6. The minimum Gasteiger partial charge on any atom is -0.350 e. The summed E-state index contributed by atoms with van der Waals surface area (Å²) in [4.78, 5) is 56.9. The number of amides is 4. The van der Waals surface area contributed by atoms with E-state index in [9.17, 15) is 19.2 Å². The Hall–Kier alpha value is -3.73. The Morgan fingerprint density at radius 3 is 2.33 bits per heavy atom. The van der Waals surface area contributed by atoms with Crippen molar-refractivity contribution in [3.63, 3.8) is 0 Å². The molecule has 45 heavy (non-hydrogen) atoms. The van der Waals surface area contributed by atoms with E-state index in [0.29, 0.717) is 37.7 Å². The molecule has 5 rings (SSSR count). The van der Waals surface area contributed by atoms with Gasteiger partial charge in [-0.2, -0.15) is 5.10 Å². The Labute approximate surface area is 266 Å². The highest BCUT2D eigenvalue weighted by atomic mass is 16.2. The molecule has 4 amide bonds. The number of carbonyl (C=O) groups is 4. The van der Waals surface area contributed by atoms with Crippen LogP contribution in [0.3, 0.4) is 0 Å². The van der Waals surface area contributed by atoms with E-state index in [1.165, 1.54) is 17.5 Å². The quantitative estimate of drug-likeness (QED) is 0.355. The predicted molar refractivity (Wildman–Crippen MR) is 171 cm³/mol. The first-order valence-electron chi connectivity index (χ1n) is 16.8. The van der Waals surface area contributed by atoms with E-state index in [1.54, 1.807) is 26.2 Å². The summed E-state index contributed by atoms with van der Waals surface area (Å²) < 4.78 is 1.51. The molecule has 244 valence electrons. The van der Waals surface area contributed by atoms with Crippen LogP contribution in [-0.4, -0.2) is 87.5 Å². The number of carbonyl (C=O) groups excluding carboxylic acids is 4. The Balaban J connectivity index is 1.19. The Morgan fingerprint density at radius 2 is 1.62 bits per heavy atom. The van der Waals surface area contributed by atoms with Gasteiger partial charge in [0.2, 0.25) is 17.7 Å². The zero-order chi connectivity index (χ0) is 31.8. The fourth-order valence-corrected chi connectivity index (χ4v) is 7.08. The van der Waals surface area contributed by atoms with E-state index in [2.05, 4.69) is 25.9 Å². The van der Waals surface area contributed by atoms with Crippen molar-refractivity contribution in [2.75, 3.05) is 26.2 Å². The highest BCUT2D eigenvalue weighted by molar-refractivity contribution is 5.96. The van der Waals surface area contributed by atoms with Crippen LogP contribution in [0.1, 0.15) is 86.3 Å². The second-order valence-electron chi connectivity index (χ2n) is 12.9. The minimum atomic E-state index is -0.614. The molecular weight excluding hydrogens is 570 g/mol. The lowest BCUT2D eigenvalue weighted by atomic mass is 9.83. The van der Waals surface area contributed by atoms with Gasteiger partial charge in [-0.1, -0.05) is 56.9 Å². The SMILES string of the molecule is CCC(=O)N[C@H](Cc1ccc(CNC(=O)[C@@H](NC(=O)c2ccnn2C)C2CCCCC2)cc1)C(=O)N1CCN2CCCC[C@H]2C1. The van der Waals surface area contributed by atoms with E-state index in [1.807, 2.05) is 29.2 Å². The van der Waals surface area contributed by atoms with Gasteiger partial charge in [0.1, 0.15) is 17.8 Å². The standard InChI is InChI=1S/C34H49N7O4/c1-3-30(42)37-28(34(45)41-20-19-40-18-8-7-11-27(40)23-41)21-24-12-14-25(15-13-24)22-35-33(44)31(26-9-5-4-6-10-26)38-32(43)29-16-17-36-39(29)2/h12-17,26-28,31H,3-11,18-23H2,1-2H3,(H,35,44)(H,37,42)(H,38,43)/t27-,28+,31-/m0/s1. The molecule has 3 heterocycles. The van der Waals surface area contributed by atoms with Crippen LogP contribution in [0.5, 0.6) is 0 Å². The van der Waals surface area contributed by atoms with Crippen LogP contribution < -0.4 is 16.0 Å². The first-order chi connectivity index (χ1) is 21.8. The van der Waals surface area contributed by atoms with E-state index in [4.69, 9.17) is 0 Å². The predicted octanol–water partition coefficient (Wildman–Crippen LogP) is 2.55. The zero-order valence-corrected chi connectivity index (χ0v) is 26.8. The van der Waals surface area contributed by atoms with Gasteiger partial charge in [0, 0.05) is 58.3 Å². The topological polar surface area (TPSA) is 129 Å². The smallest absolute Gasteiger partial charge is 0.270 e. The summed E-state index contributed by atoms with van der Waals surface area (Å²) in [5.74, 6) is -0.545. The van der Waals surface area contributed by atoms with Gasteiger partial charge in [-0.25, -0.2) is 0 Å². The van der Waals surface area contributed by atoms with Crippen LogP contribution in [0.15, 0.2) is 36.5 Å². The monoisotopic (exact) mass is 619 g/mol. The van der Waals surface area contributed by atoms with Crippen molar-refractivity contribution in [3.8, 4) is 0 Å². The summed E-state index contributed by atoms with van der Waals surface area (Å²) in [6.45, 7) is 5.53. The summed E-state index contributed by atoms with van der Waals surface area (Å²) in [5, 5.41) is 13.1. The van der Waals surface area contributed by atoms with Crippen LogP contribution >= 0.6 is 0 Å². The van der Waals surface area contributed by atoms with Gasteiger partial charge in [-0.15, -0.1) is 0 Å². The molecule has 11 nitrogen and oxygen atoms in total. The van der Waals surface area contributed by atoms with E-state index in [0.717, 1.165) is 69.3 Å². The molecule has 2 aromatic rings. The van der Waals surface area contributed by atoms with E-state index < -0.39 is 12.1 Å². The van der Waals surface area contributed by atoms with Crippen molar-refractivity contribution < 1.29 is 19.2 Å². The lowest BCUT2D eigenvalue weighted by Crippen LogP contribution is -2.59. The number of piperidine rings is 1. The molecule has 0 unspecified atom stereocenters. The lowest BCUT2D eigenvalue weighted by Gasteiger charge is -2.44. The van der Waals surface area contributed by atoms with Gasteiger partial charge in [0.25, 0.3) is 5.91 Å². The Bertz CT molecular complexity index is 1320. The Kier molecular flexibility index (Phi) is 11.3. The summed E-state index contributed by atoms with van der Waals surface area (Å²) in [6.07, 6.45) is 10.9. The molecule has 3 aliphatic rings. The molecule has 3 fully saturated rings. The van der Waals surface area contributed by atoms with Gasteiger partial charge in [0.05, 0.1) is 0 Å². The fourth-order valence-electron chi connectivity index (χ4n) is 7.08. The molecule has 1 aromatic carbocycles. The summed E-state index contributed by atoms with van der Waals surface area (Å²) in [5.41, 5.74) is 2.28. The summed E-state index contributed by atoms with van der Waals surface area (Å²) in [7, 11) is 1.71. The average molecular weight is 620 g/mol. The summed E-state index contributed by atoms with van der Waals surface area (Å²) in [6, 6.07) is 8.65. The molecule has 0 radical (unpaired) electrons. The van der Waals surface area contributed by atoms with Gasteiger partial charge in [0.15, 0.2) is 0 Å². The van der Waals surface area contributed by atoms with Crippen molar-refractivity contribution >= 4 is 23.6 Å². The van der Waals surface area contributed by atoms with Crippen molar-refractivity contribution in [2.24, 2.45) is 13.0 Å². The lowest BCUT2D eigenvalue weighted by molar-refractivity contribution is -0.139. The third kappa shape index (κ3) is 8.51. The van der Waals surface area contributed by atoms with Gasteiger partial charge in [-0.05, 0) is 55.3 Å². The molecule has 1 aliphatic carbocycles. The molecule has 3 atom stereocenters. The van der Waals surface area contributed by atoms with Gasteiger partial charge < -0.3 is 20.9 Å². The highest BCUT2D eigenvalue weighted by Gasteiger charge is 2.35. The number of fused-ring (bicyclic) bond motifs is 1. The molecule has 1 saturated carbocycles. The molecule has 0 bridgehead atoms. The third-order valence-corrected chi connectivity index (χ3v) is 9.78. The minimum absolute atomic E-state index is 0.0136. The second kappa shape index (κ2) is 15.5. The first-order valence-corrected chi connectivity index (χ1v) is 16.8. The molecule has 0 spiro atoms. The number of hydrogen-bond donors (Lipinski definition) is 3. The molecule has 11 heteroatoms.